The number of nitrogens with zero attached hydrogens (tertiary/aromatic N) is 2. The van der Waals surface area contributed by atoms with Gasteiger partial charge in [0, 0.05) is 18.9 Å². The predicted octanol–water partition coefficient (Wildman–Crippen LogP) is 3.47. The average Bonchev–Trinajstić information content (AvgIpc) is 2.26. The quantitative estimate of drug-likeness (QED) is 0.614. The Balaban J connectivity index is 2.74. The van der Waals surface area contributed by atoms with E-state index in [0.717, 1.165) is 0 Å². The van der Waals surface area contributed by atoms with Gasteiger partial charge in [-0.1, -0.05) is 34.9 Å². The van der Waals surface area contributed by atoms with Crippen molar-refractivity contribution in [2.75, 3.05) is 20.1 Å². The Labute approximate surface area is 117 Å². The van der Waals surface area contributed by atoms with Crippen LogP contribution >= 0.6 is 23.2 Å². The molecule has 0 N–H and O–H groups in total. The zero-order valence-corrected chi connectivity index (χ0v) is 12.2. The van der Waals surface area contributed by atoms with E-state index in [2.05, 4.69) is 11.1 Å². The first-order valence-electron chi connectivity index (χ1n) is 5.56. The molecule has 1 heterocycles. The van der Waals surface area contributed by atoms with Crippen LogP contribution in [0.2, 0.25) is 10.0 Å². The van der Waals surface area contributed by atoms with Gasteiger partial charge in [0.25, 0.3) is 0 Å². The van der Waals surface area contributed by atoms with Crippen LogP contribution in [0.5, 0.6) is 0 Å². The minimum atomic E-state index is -0.0999. The molecule has 0 fully saturated rings. The third kappa shape index (κ3) is 4.41. The fourth-order valence-corrected chi connectivity index (χ4v) is 1.98. The molecule has 1 aromatic heterocycles. The molecule has 5 heteroatoms. The van der Waals surface area contributed by atoms with Crippen LogP contribution in [0.1, 0.15) is 24.2 Å². The Morgan fingerprint density at radius 3 is 2.39 bits per heavy atom. The van der Waals surface area contributed by atoms with Gasteiger partial charge in [-0.05, 0) is 20.9 Å². The van der Waals surface area contributed by atoms with Crippen molar-refractivity contribution in [1.82, 2.24) is 9.88 Å². The molecule has 0 aliphatic carbocycles. The van der Waals surface area contributed by atoms with E-state index < -0.39 is 0 Å². The van der Waals surface area contributed by atoms with Crippen LogP contribution in [0.4, 0.5) is 0 Å². The van der Waals surface area contributed by atoms with Gasteiger partial charge in [-0.3, -0.25) is 14.7 Å². The van der Waals surface area contributed by atoms with E-state index in [1.165, 1.54) is 18.0 Å². The number of Topliss-reactive ketones (excluding diaryl/α,β-unsaturated/α-hetero) is 1. The number of halogens is 2. The molecule has 0 spiro atoms. The molecule has 98 valence electrons. The standard InChI is InChI=1S/C13H16Cl2N2O/c1-9(2)4-5-17(3)8-12(18)13-10(14)6-16-7-11(13)15/h4,6-7H,5,8H2,1-3H3. The van der Waals surface area contributed by atoms with E-state index in [1.807, 2.05) is 25.8 Å². The summed E-state index contributed by atoms with van der Waals surface area (Å²) in [6.07, 6.45) is 4.91. The summed E-state index contributed by atoms with van der Waals surface area (Å²) in [5.41, 5.74) is 1.56. The van der Waals surface area contributed by atoms with E-state index >= 15 is 0 Å². The normalized spacial score (nSPS) is 10.6. The van der Waals surface area contributed by atoms with Crippen molar-refractivity contribution in [3.8, 4) is 0 Å². The summed E-state index contributed by atoms with van der Waals surface area (Å²) in [4.78, 5) is 17.8. The van der Waals surface area contributed by atoms with Gasteiger partial charge in [-0.25, -0.2) is 0 Å². The van der Waals surface area contributed by atoms with Crippen molar-refractivity contribution >= 4 is 29.0 Å². The van der Waals surface area contributed by atoms with Crippen LogP contribution in [0.25, 0.3) is 0 Å². The molecule has 0 bridgehead atoms. The second kappa shape index (κ2) is 6.88. The number of allylic oxidation sites excluding steroid dienone is 1. The van der Waals surface area contributed by atoms with E-state index in [0.29, 0.717) is 22.2 Å². The lowest BCUT2D eigenvalue weighted by Gasteiger charge is -2.14. The van der Waals surface area contributed by atoms with Crippen molar-refractivity contribution in [1.29, 1.82) is 0 Å². The van der Waals surface area contributed by atoms with E-state index in [9.17, 15) is 4.79 Å². The largest absolute Gasteiger partial charge is 0.295 e. The van der Waals surface area contributed by atoms with Crippen LogP contribution < -0.4 is 0 Å². The zero-order valence-electron chi connectivity index (χ0n) is 10.7. The highest BCUT2D eigenvalue weighted by molar-refractivity contribution is 6.39. The SMILES string of the molecule is CC(C)=CCN(C)CC(=O)c1c(Cl)cncc1Cl. The van der Waals surface area contributed by atoms with Crippen LogP contribution in [0.3, 0.4) is 0 Å². The summed E-state index contributed by atoms with van der Waals surface area (Å²) in [5, 5.41) is 0.589. The molecule has 0 radical (unpaired) electrons. The Hall–Kier alpha value is -0.900. The molecule has 18 heavy (non-hydrogen) atoms. The van der Waals surface area contributed by atoms with Gasteiger partial charge in [-0.15, -0.1) is 0 Å². The maximum atomic E-state index is 12.1. The number of carbonyl (C=O) groups is 1. The molecule has 1 aromatic rings. The van der Waals surface area contributed by atoms with Crippen molar-refractivity contribution in [2.24, 2.45) is 0 Å². The van der Waals surface area contributed by atoms with Gasteiger partial charge >= 0.3 is 0 Å². The number of ketones is 1. The lowest BCUT2D eigenvalue weighted by atomic mass is 10.1. The first kappa shape index (κ1) is 15.2. The summed E-state index contributed by atoms with van der Waals surface area (Å²) in [7, 11) is 1.88. The number of pyridine rings is 1. The second-order valence-electron chi connectivity index (χ2n) is 4.38. The maximum Gasteiger partial charge on any atom is 0.179 e. The van der Waals surface area contributed by atoms with Crippen molar-refractivity contribution in [3.63, 3.8) is 0 Å². The highest BCUT2D eigenvalue weighted by Gasteiger charge is 2.16. The molecule has 0 amide bonds. The van der Waals surface area contributed by atoms with E-state index in [1.54, 1.807) is 0 Å². The zero-order chi connectivity index (χ0) is 13.7. The van der Waals surface area contributed by atoms with Crippen LogP contribution in [0.15, 0.2) is 24.0 Å². The van der Waals surface area contributed by atoms with Crippen LogP contribution in [-0.2, 0) is 0 Å². The summed E-state index contributed by atoms with van der Waals surface area (Å²) in [6, 6.07) is 0. The van der Waals surface area contributed by atoms with Crippen LogP contribution in [0, 0.1) is 0 Å². The fourth-order valence-electron chi connectivity index (χ4n) is 1.40. The molecule has 0 aliphatic heterocycles. The molecule has 0 saturated carbocycles. The topological polar surface area (TPSA) is 33.2 Å². The van der Waals surface area contributed by atoms with Crippen molar-refractivity contribution < 1.29 is 4.79 Å². The van der Waals surface area contributed by atoms with Gasteiger partial charge in [-0.2, -0.15) is 0 Å². The minimum absolute atomic E-state index is 0.0999. The first-order valence-corrected chi connectivity index (χ1v) is 6.31. The Bertz CT molecular complexity index is 448. The lowest BCUT2D eigenvalue weighted by Crippen LogP contribution is -2.26. The molecule has 0 aliphatic rings. The number of rotatable bonds is 5. The fraction of sp³-hybridized carbons (Fsp3) is 0.385. The van der Waals surface area contributed by atoms with Gasteiger partial charge in [0.15, 0.2) is 5.78 Å². The van der Waals surface area contributed by atoms with Crippen LogP contribution in [-0.4, -0.2) is 35.8 Å². The number of likely N-dealkylation sites (N-methyl/N-ethyl adjacent to an activating group) is 1. The van der Waals surface area contributed by atoms with Gasteiger partial charge < -0.3 is 0 Å². The molecular weight excluding hydrogens is 271 g/mol. The lowest BCUT2D eigenvalue weighted by molar-refractivity contribution is 0.0952. The van der Waals surface area contributed by atoms with Gasteiger partial charge in [0.2, 0.25) is 0 Å². The predicted molar refractivity (Wildman–Crippen MR) is 75.5 cm³/mol. The Morgan fingerprint density at radius 1 is 1.33 bits per heavy atom. The molecule has 1 rings (SSSR count). The molecular formula is C13H16Cl2N2O. The highest BCUT2D eigenvalue weighted by atomic mass is 35.5. The number of hydrogen-bond donors (Lipinski definition) is 0. The molecule has 0 aromatic carbocycles. The van der Waals surface area contributed by atoms with Crippen molar-refractivity contribution in [3.05, 3.63) is 39.7 Å². The average molecular weight is 287 g/mol. The molecule has 3 nitrogen and oxygen atoms in total. The number of carbonyl (C=O) groups excluding carboxylic acids is 1. The number of hydrogen-bond acceptors (Lipinski definition) is 3. The third-order valence-electron chi connectivity index (χ3n) is 2.36. The Kier molecular flexibility index (Phi) is 5.79. The monoisotopic (exact) mass is 286 g/mol. The molecule has 0 unspecified atom stereocenters. The van der Waals surface area contributed by atoms with E-state index in [4.69, 9.17) is 23.2 Å². The molecule has 0 atom stereocenters. The first-order chi connectivity index (χ1) is 8.41. The van der Waals surface area contributed by atoms with Crippen molar-refractivity contribution in [2.45, 2.75) is 13.8 Å². The number of aromatic nitrogens is 1. The second-order valence-corrected chi connectivity index (χ2v) is 5.19. The highest BCUT2D eigenvalue weighted by Crippen LogP contribution is 2.23. The minimum Gasteiger partial charge on any atom is -0.295 e. The van der Waals surface area contributed by atoms with Gasteiger partial charge in [0.05, 0.1) is 22.2 Å². The third-order valence-corrected chi connectivity index (χ3v) is 2.93. The maximum absolute atomic E-state index is 12.1. The summed E-state index contributed by atoms with van der Waals surface area (Å²) in [6.45, 7) is 5.03. The van der Waals surface area contributed by atoms with E-state index in [-0.39, 0.29) is 12.3 Å². The summed E-state index contributed by atoms with van der Waals surface area (Å²) in [5.74, 6) is -0.0999. The summed E-state index contributed by atoms with van der Waals surface area (Å²) >= 11 is 11.9. The Morgan fingerprint density at radius 2 is 1.89 bits per heavy atom. The smallest absolute Gasteiger partial charge is 0.179 e. The summed E-state index contributed by atoms with van der Waals surface area (Å²) < 4.78 is 0. The van der Waals surface area contributed by atoms with Gasteiger partial charge in [0.1, 0.15) is 0 Å². The molecule has 0 saturated heterocycles.